The van der Waals surface area contributed by atoms with Gasteiger partial charge >= 0.3 is 0 Å². The Morgan fingerprint density at radius 1 is 1.36 bits per heavy atom. The van der Waals surface area contributed by atoms with E-state index in [9.17, 15) is 12.8 Å². The van der Waals surface area contributed by atoms with E-state index in [-0.39, 0.29) is 29.2 Å². The largest absolute Gasteiger partial charge is 0.492 e. The third-order valence-corrected chi connectivity index (χ3v) is 6.17. The molecule has 2 aromatic rings. The molecule has 1 aliphatic rings. The van der Waals surface area contributed by atoms with E-state index in [4.69, 9.17) is 10.5 Å². The lowest BCUT2D eigenvalue weighted by Crippen LogP contribution is -2.39. The maximum atomic E-state index is 13.0. The lowest BCUT2D eigenvalue weighted by Gasteiger charge is -2.24. The molecule has 1 unspecified atom stereocenters. The number of nitrogens with two attached hydrogens (primary N) is 1. The average Bonchev–Trinajstić information content (AvgIpc) is 3.06. The Bertz CT molecular complexity index is 856. The number of aromatic nitrogens is 1. The molecule has 1 fully saturated rings. The predicted molar refractivity (Wildman–Crippen MR) is 92.2 cm³/mol. The van der Waals surface area contributed by atoms with Crippen LogP contribution in [-0.2, 0) is 10.0 Å². The molecule has 2 N–H and O–H groups in total. The zero-order chi connectivity index (χ0) is 18.0. The zero-order valence-electron chi connectivity index (χ0n) is 13.9. The molecule has 0 aliphatic carbocycles. The van der Waals surface area contributed by atoms with Crippen LogP contribution < -0.4 is 10.5 Å². The Kier molecular flexibility index (Phi) is 4.91. The van der Waals surface area contributed by atoms with Crippen molar-refractivity contribution in [1.29, 1.82) is 0 Å². The second kappa shape index (κ2) is 6.97. The Labute approximate surface area is 146 Å². The van der Waals surface area contributed by atoms with Gasteiger partial charge in [-0.1, -0.05) is 0 Å². The SMILES string of the molecule is Cc1cnc(N)c(S(=O)(=O)N2CCCC2COc2ccc(F)cc2)c1. The number of aryl methyl sites for hydroxylation is 1. The van der Waals surface area contributed by atoms with Gasteiger partial charge in [0.25, 0.3) is 0 Å². The lowest BCUT2D eigenvalue weighted by atomic mass is 10.2. The van der Waals surface area contributed by atoms with Crippen molar-refractivity contribution in [2.24, 2.45) is 0 Å². The first-order valence-corrected chi connectivity index (χ1v) is 9.44. The average molecular weight is 365 g/mol. The molecule has 0 spiro atoms. The van der Waals surface area contributed by atoms with Crippen LogP contribution in [0.3, 0.4) is 0 Å². The van der Waals surface area contributed by atoms with Crippen LogP contribution in [0.15, 0.2) is 41.4 Å². The van der Waals surface area contributed by atoms with Crippen molar-refractivity contribution in [3.05, 3.63) is 47.9 Å². The first-order valence-electron chi connectivity index (χ1n) is 8.00. The molecule has 8 heteroatoms. The number of nitrogens with zero attached hydrogens (tertiary/aromatic N) is 2. The van der Waals surface area contributed by atoms with Gasteiger partial charge in [-0.05, 0) is 55.7 Å². The molecule has 1 atom stereocenters. The summed E-state index contributed by atoms with van der Waals surface area (Å²) in [6, 6.07) is 6.88. The highest BCUT2D eigenvalue weighted by atomic mass is 32.2. The highest BCUT2D eigenvalue weighted by Gasteiger charge is 2.37. The quantitative estimate of drug-likeness (QED) is 0.879. The van der Waals surface area contributed by atoms with Crippen molar-refractivity contribution in [3.8, 4) is 5.75 Å². The van der Waals surface area contributed by atoms with Crippen LogP contribution in [0.1, 0.15) is 18.4 Å². The summed E-state index contributed by atoms with van der Waals surface area (Å²) >= 11 is 0. The van der Waals surface area contributed by atoms with Gasteiger partial charge in [-0.25, -0.2) is 17.8 Å². The molecule has 2 heterocycles. The smallest absolute Gasteiger partial charge is 0.247 e. The number of nitrogen functional groups attached to an aromatic ring is 1. The highest BCUT2D eigenvalue weighted by Crippen LogP contribution is 2.29. The monoisotopic (exact) mass is 365 g/mol. The molecule has 0 saturated carbocycles. The van der Waals surface area contributed by atoms with Crippen molar-refractivity contribution < 1.29 is 17.5 Å². The Morgan fingerprint density at radius 2 is 2.08 bits per heavy atom. The van der Waals surface area contributed by atoms with Crippen molar-refractivity contribution in [2.75, 3.05) is 18.9 Å². The van der Waals surface area contributed by atoms with Gasteiger partial charge in [0.2, 0.25) is 10.0 Å². The van der Waals surface area contributed by atoms with Gasteiger partial charge in [0.15, 0.2) is 0 Å². The normalized spacial score (nSPS) is 18.4. The number of sulfonamides is 1. The maximum Gasteiger partial charge on any atom is 0.247 e. The Morgan fingerprint density at radius 3 is 2.80 bits per heavy atom. The van der Waals surface area contributed by atoms with Crippen molar-refractivity contribution >= 4 is 15.8 Å². The summed E-state index contributed by atoms with van der Waals surface area (Å²) in [7, 11) is -3.75. The van der Waals surface area contributed by atoms with Gasteiger partial charge in [0.1, 0.15) is 28.9 Å². The number of hydrogen-bond donors (Lipinski definition) is 1. The summed E-state index contributed by atoms with van der Waals surface area (Å²) in [5.74, 6) is 0.151. The lowest BCUT2D eigenvalue weighted by molar-refractivity contribution is 0.232. The Hall–Kier alpha value is -2.19. The molecule has 3 rings (SSSR count). The fourth-order valence-electron chi connectivity index (χ4n) is 2.90. The van der Waals surface area contributed by atoms with Crippen molar-refractivity contribution in [1.82, 2.24) is 9.29 Å². The van der Waals surface area contributed by atoms with E-state index in [1.807, 2.05) is 0 Å². The first kappa shape index (κ1) is 17.6. The van der Waals surface area contributed by atoms with E-state index < -0.39 is 10.0 Å². The summed E-state index contributed by atoms with van der Waals surface area (Å²) < 4.78 is 46.0. The second-order valence-electron chi connectivity index (χ2n) is 6.07. The molecule has 1 saturated heterocycles. The fraction of sp³-hybridized carbons (Fsp3) is 0.353. The van der Waals surface area contributed by atoms with E-state index in [1.54, 1.807) is 6.92 Å². The van der Waals surface area contributed by atoms with Gasteiger partial charge in [-0.2, -0.15) is 4.31 Å². The summed E-state index contributed by atoms with van der Waals surface area (Å²) in [5.41, 5.74) is 6.51. The number of halogens is 1. The Balaban J connectivity index is 1.78. The predicted octanol–water partition coefficient (Wildman–Crippen LogP) is 2.34. The van der Waals surface area contributed by atoms with E-state index in [2.05, 4.69) is 4.98 Å². The van der Waals surface area contributed by atoms with Crippen LogP contribution in [-0.4, -0.2) is 36.9 Å². The molecule has 0 amide bonds. The van der Waals surface area contributed by atoms with Gasteiger partial charge in [0, 0.05) is 12.7 Å². The van der Waals surface area contributed by atoms with Crippen LogP contribution in [0.25, 0.3) is 0 Å². The topological polar surface area (TPSA) is 85.5 Å². The van der Waals surface area contributed by atoms with Gasteiger partial charge < -0.3 is 10.5 Å². The molecule has 25 heavy (non-hydrogen) atoms. The minimum absolute atomic E-state index is 0.00398. The number of benzene rings is 1. The maximum absolute atomic E-state index is 13.0. The van der Waals surface area contributed by atoms with Crippen molar-refractivity contribution in [2.45, 2.75) is 30.7 Å². The number of anilines is 1. The third-order valence-electron chi connectivity index (χ3n) is 4.18. The van der Waals surface area contributed by atoms with Crippen LogP contribution in [0.5, 0.6) is 5.75 Å². The van der Waals surface area contributed by atoms with Gasteiger partial charge in [-0.3, -0.25) is 0 Å². The van der Waals surface area contributed by atoms with E-state index in [1.165, 1.54) is 40.8 Å². The van der Waals surface area contributed by atoms with Crippen molar-refractivity contribution in [3.63, 3.8) is 0 Å². The molecular weight excluding hydrogens is 345 g/mol. The summed E-state index contributed by atoms with van der Waals surface area (Å²) in [6.07, 6.45) is 2.98. The first-order chi connectivity index (χ1) is 11.9. The number of rotatable bonds is 5. The van der Waals surface area contributed by atoms with E-state index >= 15 is 0 Å². The molecule has 0 bridgehead atoms. The van der Waals surface area contributed by atoms with Crippen LogP contribution in [0.4, 0.5) is 10.2 Å². The molecular formula is C17H20FN3O3S. The third kappa shape index (κ3) is 3.74. The molecule has 0 radical (unpaired) electrons. The molecule has 1 aromatic heterocycles. The molecule has 1 aromatic carbocycles. The van der Waals surface area contributed by atoms with E-state index in [0.717, 1.165) is 12.0 Å². The minimum atomic E-state index is -3.75. The molecule has 1 aliphatic heterocycles. The summed E-state index contributed by atoms with van der Waals surface area (Å²) in [6.45, 7) is 2.38. The standard InChI is InChI=1S/C17H20FN3O3S/c1-12-9-16(17(19)20-10-12)25(22,23)21-8-2-3-14(21)11-24-15-6-4-13(18)5-7-15/h4-7,9-10,14H,2-3,8,11H2,1H3,(H2,19,20). The van der Waals surface area contributed by atoms with E-state index in [0.29, 0.717) is 18.7 Å². The van der Waals surface area contributed by atoms with Crippen LogP contribution in [0, 0.1) is 12.7 Å². The summed E-state index contributed by atoms with van der Waals surface area (Å²) in [4.78, 5) is 3.98. The number of pyridine rings is 1. The number of hydrogen-bond acceptors (Lipinski definition) is 5. The zero-order valence-corrected chi connectivity index (χ0v) is 14.7. The second-order valence-corrected chi connectivity index (χ2v) is 7.93. The van der Waals surface area contributed by atoms with Gasteiger partial charge in [0.05, 0.1) is 6.04 Å². The highest BCUT2D eigenvalue weighted by molar-refractivity contribution is 7.89. The van der Waals surface area contributed by atoms with Crippen LogP contribution in [0.2, 0.25) is 0 Å². The number of ether oxygens (including phenoxy) is 1. The minimum Gasteiger partial charge on any atom is -0.492 e. The fourth-order valence-corrected chi connectivity index (χ4v) is 4.73. The molecule has 6 nitrogen and oxygen atoms in total. The summed E-state index contributed by atoms with van der Waals surface area (Å²) in [5, 5.41) is 0. The van der Waals surface area contributed by atoms with Gasteiger partial charge in [-0.15, -0.1) is 0 Å². The molecule has 134 valence electrons. The van der Waals surface area contributed by atoms with Crippen LogP contribution >= 0.6 is 0 Å².